The van der Waals surface area contributed by atoms with Crippen molar-refractivity contribution in [3.05, 3.63) is 94.1 Å². The number of Topliss-reactive ketones (excluding diaryl/α,β-unsaturated/α-hetero) is 1. The van der Waals surface area contributed by atoms with Crippen LogP contribution in [0.2, 0.25) is 5.02 Å². The minimum Gasteiger partial charge on any atom is -0.493 e. The van der Waals surface area contributed by atoms with Gasteiger partial charge < -0.3 is 20.1 Å². The molecule has 2 aliphatic rings. The van der Waals surface area contributed by atoms with Crippen LogP contribution in [0.5, 0.6) is 11.5 Å². The van der Waals surface area contributed by atoms with E-state index in [1.807, 2.05) is 66.7 Å². The molecule has 2 unspecified atom stereocenters. The summed E-state index contributed by atoms with van der Waals surface area (Å²) in [6.45, 7) is 2.69. The van der Waals surface area contributed by atoms with Gasteiger partial charge in [0.05, 0.1) is 31.1 Å². The van der Waals surface area contributed by atoms with Crippen molar-refractivity contribution in [3.8, 4) is 11.5 Å². The number of nitrogens with one attached hydrogen (secondary N) is 2. The van der Waals surface area contributed by atoms with Crippen molar-refractivity contribution in [2.24, 2.45) is 0 Å². The number of hydrogen-bond donors (Lipinski definition) is 2. The lowest BCUT2D eigenvalue weighted by Crippen LogP contribution is -2.26. The molecule has 1 heterocycles. The molecular weight excluding hydrogens is 460 g/mol. The van der Waals surface area contributed by atoms with Crippen LogP contribution in [-0.2, 0) is 4.79 Å². The summed E-state index contributed by atoms with van der Waals surface area (Å²) in [5.74, 6) is 1.59. The average molecular weight is 489 g/mol. The minimum atomic E-state index is -0.311. The fourth-order valence-electron chi connectivity index (χ4n) is 4.91. The van der Waals surface area contributed by atoms with Crippen LogP contribution in [0, 0.1) is 0 Å². The Labute approximate surface area is 211 Å². The smallest absolute Gasteiger partial charge is 0.163 e. The fraction of sp³-hybridized carbons (Fsp3) is 0.276. The lowest BCUT2D eigenvalue weighted by atomic mass is 9.78. The number of fused-ring (bicyclic) bond motifs is 1. The van der Waals surface area contributed by atoms with Gasteiger partial charge in [-0.2, -0.15) is 0 Å². The molecule has 2 N–H and O–H groups in total. The maximum absolute atomic E-state index is 13.7. The number of carbonyl (C=O) groups is 1. The van der Waals surface area contributed by atoms with Crippen LogP contribution in [0.1, 0.15) is 49.3 Å². The summed E-state index contributed by atoms with van der Waals surface area (Å²) in [6.07, 6.45) is 2.10. The minimum absolute atomic E-state index is 0.0938. The van der Waals surface area contributed by atoms with Crippen molar-refractivity contribution in [1.82, 2.24) is 0 Å². The maximum Gasteiger partial charge on any atom is 0.163 e. The molecule has 0 saturated carbocycles. The van der Waals surface area contributed by atoms with E-state index in [-0.39, 0.29) is 17.7 Å². The molecule has 3 aromatic rings. The first-order valence-corrected chi connectivity index (χ1v) is 12.4. The zero-order valence-electron chi connectivity index (χ0n) is 19.9. The Balaban J connectivity index is 1.57. The molecule has 0 spiro atoms. The van der Waals surface area contributed by atoms with E-state index in [4.69, 9.17) is 21.1 Å². The monoisotopic (exact) mass is 488 g/mol. The number of rotatable bonds is 6. The predicted molar refractivity (Wildman–Crippen MR) is 141 cm³/mol. The van der Waals surface area contributed by atoms with Crippen LogP contribution >= 0.6 is 11.6 Å². The zero-order chi connectivity index (χ0) is 24.4. The highest BCUT2D eigenvalue weighted by molar-refractivity contribution is 6.30. The van der Waals surface area contributed by atoms with Gasteiger partial charge in [-0.3, -0.25) is 4.79 Å². The molecule has 0 radical (unpaired) electrons. The summed E-state index contributed by atoms with van der Waals surface area (Å²) in [5, 5.41) is 7.91. The van der Waals surface area contributed by atoms with Crippen LogP contribution in [0.4, 0.5) is 11.4 Å². The molecule has 1 aliphatic heterocycles. The lowest BCUT2D eigenvalue weighted by molar-refractivity contribution is -0.116. The van der Waals surface area contributed by atoms with Gasteiger partial charge in [0.1, 0.15) is 0 Å². The second-order valence-corrected chi connectivity index (χ2v) is 9.42. The first-order valence-electron chi connectivity index (χ1n) is 12.0. The Morgan fingerprint density at radius 2 is 1.69 bits per heavy atom. The summed E-state index contributed by atoms with van der Waals surface area (Å²) >= 11 is 6.10. The number of benzene rings is 3. The zero-order valence-corrected chi connectivity index (χ0v) is 20.7. The highest BCUT2D eigenvalue weighted by Gasteiger charge is 2.36. The molecule has 0 amide bonds. The third kappa shape index (κ3) is 4.73. The van der Waals surface area contributed by atoms with Gasteiger partial charge in [0, 0.05) is 22.7 Å². The van der Waals surface area contributed by atoms with E-state index in [9.17, 15) is 4.79 Å². The fourth-order valence-corrected chi connectivity index (χ4v) is 5.03. The quantitative estimate of drug-likeness (QED) is 0.387. The van der Waals surface area contributed by atoms with E-state index in [2.05, 4.69) is 17.6 Å². The van der Waals surface area contributed by atoms with E-state index in [0.717, 1.165) is 46.6 Å². The van der Waals surface area contributed by atoms with E-state index in [1.54, 1.807) is 7.11 Å². The number of allylic oxidation sites excluding steroid dienone is 1. The Morgan fingerprint density at radius 1 is 0.943 bits per heavy atom. The standard InChI is InChI=1S/C29H29ClN2O3/c1-3-14-35-26-13-10-19(17-27(26)34-2)29-28-24(31-22-6-4-5-7-23(22)32-29)15-20(16-25(28)33)18-8-11-21(30)12-9-18/h4-13,17,20,29,31-32H,3,14-16H2,1-2H3. The largest absolute Gasteiger partial charge is 0.493 e. The number of ketones is 1. The molecule has 180 valence electrons. The summed E-state index contributed by atoms with van der Waals surface area (Å²) in [6, 6.07) is 21.5. The van der Waals surface area contributed by atoms with Gasteiger partial charge in [0.2, 0.25) is 0 Å². The number of ether oxygens (including phenoxy) is 2. The lowest BCUT2D eigenvalue weighted by Gasteiger charge is -2.30. The van der Waals surface area contributed by atoms with E-state index < -0.39 is 0 Å². The highest BCUT2D eigenvalue weighted by atomic mass is 35.5. The third-order valence-corrected chi connectivity index (χ3v) is 6.89. The topological polar surface area (TPSA) is 59.6 Å². The van der Waals surface area contributed by atoms with Crippen molar-refractivity contribution >= 4 is 28.8 Å². The second-order valence-electron chi connectivity index (χ2n) is 8.98. The Kier molecular flexibility index (Phi) is 6.69. The average Bonchev–Trinajstić information content (AvgIpc) is 3.04. The molecule has 35 heavy (non-hydrogen) atoms. The molecule has 1 aliphatic carbocycles. The first-order chi connectivity index (χ1) is 17.1. The molecule has 0 saturated heterocycles. The number of carbonyl (C=O) groups excluding carboxylic acids is 1. The van der Waals surface area contributed by atoms with Crippen molar-refractivity contribution in [2.45, 2.75) is 38.1 Å². The molecule has 0 bridgehead atoms. The van der Waals surface area contributed by atoms with Gasteiger partial charge in [0.15, 0.2) is 17.3 Å². The molecule has 6 heteroatoms. The van der Waals surface area contributed by atoms with Gasteiger partial charge >= 0.3 is 0 Å². The van der Waals surface area contributed by atoms with Gasteiger partial charge in [-0.1, -0.05) is 48.9 Å². The van der Waals surface area contributed by atoms with Crippen LogP contribution in [-0.4, -0.2) is 19.5 Å². The Morgan fingerprint density at radius 3 is 2.43 bits per heavy atom. The number of halogens is 1. The van der Waals surface area contributed by atoms with Crippen LogP contribution in [0.15, 0.2) is 78.0 Å². The van der Waals surface area contributed by atoms with Crippen molar-refractivity contribution in [1.29, 1.82) is 0 Å². The first kappa shape index (κ1) is 23.3. The molecule has 0 aromatic heterocycles. The summed E-state index contributed by atoms with van der Waals surface area (Å²) in [7, 11) is 1.64. The molecule has 3 aromatic carbocycles. The van der Waals surface area contributed by atoms with Gasteiger partial charge in [-0.25, -0.2) is 0 Å². The summed E-state index contributed by atoms with van der Waals surface area (Å²) in [5.41, 5.74) is 5.71. The Hall–Kier alpha value is -3.44. The van der Waals surface area contributed by atoms with Crippen LogP contribution < -0.4 is 20.1 Å². The van der Waals surface area contributed by atoms with Crippen LogP contribution in [0.3, 0.4) is 0 Å². The van der Waals surface area contributed by atoms with Crippen molar-refractivity contribution < 1.29 is 14.3 Å². The number of methoxy groups -OCH3 is 1. The molecule has 2 atom stereocenters. The molecular formula is C29H29ClN2O3. The van der Waals surface area contributed by atoms with Crippen molar-refractivity contribution in [2.75, 3.05) is 24.4 Å². The van der Waals surface area contributed by atoms with Gasteiger partial charge in [-0.05, 0) is 66.3 Å². The normalized spacial score (nSPS) is 19.1. The second kappa shape index (κ2) is 10.0. The van der Waals surface area contributed by atoms with Gasteiger partial charge in [0.25, 0.3) is 0 Å². The molecule has 5 nitrogen and oxygen atoms in total. The SMILES string of the molecule is CCCOc1ccc(C2Nc3ccccc3NC3=C2C(=O)CC(c2ccc(Cl)cc2)C3)cc1OC. The van der Waals surface area contributed by atoms with Crippen LogP contribution in [0.25, 0.3) is 0 Å². The summed E-state index contributed by atoms with van der Waals surface area (Å²) < 4.78 is 11.5. The molecule has 0 fully saturated rings. The van der Waals surface area contributed by atoms with Gasteiger partial charge in [-0.15, -0.1) is 0 Å². The number of para-hydroxylation sites is 2. The van der Waals surface area contributed by atoms with E-state index >= 15 is 0 Å². The summed E-state index contributed by atoms with van der Waals surface area (Å²) in [4.78, 5) is 13.7. The third-order valence-electron chi connectivity index (χ3n) is 6.63. The van der Waals surface area contributed by atoms with E-state index in [0.29, 0.717) is 29.5 Å². The molecule has 5 rings (SSSR count). The maximum atomic E-state index is 13.7. The van der Waals surface area contributed by atoms with E-state index in [1.165, 1.54) is 0 Å². The highest BCUT2D eigenvalue weighted by Crippen LogP contribution is 2.45. The number of anilines is 2. The van der Waals surface area contributed by atoms with Crippen molar-refractivity contribution in [3.63, 3.8) is 0 Å². The predicted octanol–water partition coefficient (Wildman–Crippen LogP) is 7.12. The Bertz CT molecular complexity index is 1270. The number of hydrogen-bond acceptors (Lipinski definition) is 5.